The van der Waals surface area contributed by atoms with Crippen molar-refractivity contribution in [3.05, 3.63) is 93.9 Å². The molecule has 0 aliphatic heterocycles. The van der Waals surface area contributed by atoms with E-state index in [-0.39, 0.29) is 11.8 Å². The summed E-state index contributed by atoms with van der Waals surface area (Å²) >= 11 is 3.37. The van der Waals surface area contributed by atoms with Crippen LogP contribution in [0.4, 0.5) is 0 Å². The van der Waals surface area contributed by atoms with Gasteiger partial charge in [0.05, 0.1) is 18.4 Å². The first-order valence-corrected chi connectivity index (χ1v) is 8.85. The second kappa shape index (κ2) is 8.49. The van der Waals surface area contributed by atoms with E-state index in [4.69, 9.17) is 4.42 Å². The molecule has 1 aromatic heterocycles. The number of furan rings is 1. The summed E-state index contributed by atoms with van der Waals surface area (Å²) in [6, 6.07) is 18.0. The number of carbonyl (C=O) groups is 2. The van der Waals surface area contributed by atoms with Crippen molar-refractivity contribution >= 4 is 27.7 Å². The average molecular weight is 413 g/mol. The van der Waals surface area contributed by atoms with Gasteiger partial charge in [0.15, 0.2) is 0 Å². The SMILES string of the molecule is O=C(NCc1ccco1)c1cccc(CNC(=O)c2ccccc2Br)c1. The van der Waals surface area contributed by atoms with Gasteiger partial charge in [-0.15, -0.1) is 0 Å². The molecule has 0 radical (unpaired) electrons. The average Bonchev–Trinajstić information content (AvgIpc) is 3.18. The highest BCUT2D eigenvalue weighted by molar-refractivity contribution is 9.10. The summed E-state index contributed by atoms with van der Waals surface area (Å²) in [5.74, 6) is 0.320. The van der Waals surface area contributed by atoms with Crippen molar-refractivity contribution in [2.45, 2.75) is 13.1 Å². The van der Waals surface area contributed by atoms with Crippen LogP contribution in [0, 0.1) is 0 Å². The van der Waals surface area contributed by atoms with E-state index >= 15 is 0 Å². The molecule has 0 atom stereocenters. The van der Waals surface area contributed by atoms with Gasteiger partial charge in [-0.25, -0.2) is 0 Å². The maximum absolute atomic E-state index is 12.3. The Balaban J connectivity index is 1.59. The molecule has 0 fully saturated rings. The first kappa shape index (κ1) is 17.9. The second-order valence-corrected chi connectivity index (χ2v) is 6.48. The Morgan fingerprint density at radius 1 is 0.885 bits per heavy atom. The minimum absolute atomic E-state index is 0.176. The molecule has 2 N–H and O–H groups in total. The number of rotatable bonds is 6. The maximum Gasteiger partial charge on any atom is 0.252 e. The molecule has 5 nitrogen and oxygen atoms in total. The van der Waals surface area contributed by atoms with Crippen molar-refractivity contribution in [2.24, 2.45) is 0 Å². The fourth-order valence-electron chi connectivity index (χ4n) is 2.43. The predicted octanol–water partition coefficient (Wildman–Crippen LogP) is 3.90. The molecule has 0 spiro atoms. The number of carbonyl (C=O) groups excluding carboxylic acids is 2. The minimum atomic E-state index is -0.194. The highest BCUT2D eigenvalue weighted by Crippen LogP contribution is 2.15. The van der Waals surface area contributed by atoms with Crippen molar-refractivity contribution in [2.75, 3.05) is 0 Å². The zero-order valence-corrected chi connectivity index (χ0v) is 15.5. The number of amides is 2. The summed E-state index contributed by atoms with van der Waals surface area (Å²) in [6.45, 7) is 0.661. The van der Waals surface area contributed by atoms with E-state index in [0.29, 0.717) is 30.0 Å². The fourth-order valence-corrected chi connectivity index (χ4v) is 2.89. The minimum Gasteiger partial charge on any atom is -0.467 e. The van der Waals surface area contributed by atoms with E-state index in [1.807, 2.05) is 24.3 Å². The van der Waals surface area contributed by atoms with E-state index in [1.165, 1.54) is 0 Å². The molecular weight excluding hydrogens is 396 g/mol. The fraction of sp³-hybridized carbons (Fsp3) is 0.100. The highest BCUT2D eigenvalue weighted by Gasteiger charge is 2.10. The molecule has 0 saturated carbocycles. The van der Waals surface area contributed by atoms with Crippen LogP contribution in [0.15, 0.2) is 75.8 Å². The number of nitrogens with one attached hydrogen (secondary N) is 2. The van der Waals surface area contributed by atoms with Crippen LogP contribution in [-0.4, -0.2) is 11.8 Å². The quantitative estimate of drug-likeness (QED) is 0.644. The highest BCUT2D eigenvalue weighted by atomic mass is 79.9. The van der Waals surface area contributed by atoms with Gasteiger partial charge in [0, 0.05) is 16.6 Å². The van der Waals surface area contributed by atoms with Gasteiger partial charge in [-0.3, -0.25) is 9.59 Å². The Bertz CT molecular complexity index is 907. The molecule has 2 aromatic carbocycles. The predicted molar refractivity (Wildman–Crippen MR) is 102 cm³/mol. The molecule has 0 bridgehead atoms. The Labute approximate surface area is 159 Å². The number of benzene rings is 2. The first-order chi connectivity index (χ1) is 12.6. The van der Waals surface area contributed by atoms with Crippen LogP contribution < -0.4 is 10.6 Å². The molecule has 2 amide bonds. The van der Waals surface area contributed by atoms with Crippen LogP contribution in [0.1, 0.15) is 32.0 Å². The molecule has 26 heavy (non-hydrogen) atoms. The lowest BCUT2D eigenvalue weighted by Crippen LogP contribution is -2.24. The third-order valence-electron chi connectivity index (χ3n) is 3.76. The van der Waals surface area contributed by atoms with Gasteiger partial charge in [0.1, 0.15) is 5.76 Å². The van der Waals surface area contributed by atoms with Crippen molar-refractivity contribution in [1.29, 1.82) is 0 Å². The van der Waals surface area contributed by atoms with Crippen molar-refractivity contribution in [1.82, 2.24) is 10.6 Å². The van der Waals surface area contributed by atoms with Crippen LogP contribution >= 0.6 is 15.9 Å². The monoisotopic (exact) mass is 412 g/mol. The zero-order valence-electron chi connectivity index (χ0n) is 13.9. The van der Waals surface area contributed by atoms with Gasteiger partial charge in [-0.05, 0) is 57.9 Å². The van der Waals surface area contributed by atoms with Gasteiger partial charge in [-0.1, -0.05) is 24.3 Å². The third kappa shape index (κ3) is 4.61. The van der Waals surface area contributed by atoms with Crippen LogP contribution in [0.3, 0.4) is 0 Å². The van der Waals surface area contributed by atoms with E-state index in [0.717, 1.165) is 10.0 Å². The molecule has 132 valence electrons. The van der Waals surface area contributed by atoms with Gasteiger partial charge in [0.25, 0.3) is 11.8 Å². The van der Waals surface area contributed by atoms with Crippen molar-refractivity contribution < 1.29 is 14.0 Å². The van der Waals surface area contributed by atoms with E-state index < -0.39 is 0 Å². The van der Waals surface area contributed by atoms with Crippen LogP contribution in [0.5, 0.6) is 0 Å². The molecule has 3 aromatic rings. The Morgan fingerprint density at radius 3 is 2.46 bits per heavy atom. The summed E-state index contributed by atoms with van der Waals surface area (Å²) in [5, 5.41) is 5.66. The molecule has 6 heteroatoms. The summed E-state index contributed by atoms with van der Waals surface area (Å²) in [4.78, 5) is 24.5. The molecular formula is C20H17BrN2O3. The van der Waals surface area contributed by atoms with E-state index in [9.17, 15) is 9.59 Å². The molecule has 0 saturated heterocycles. The summed E-state index contributed by atoms with van der Waals surface area (Å²) in [7, 11) is 0. The third-order valence-corrected chi connectivity index (χ3v) is 4.46. The van der Waals surface area contributed by atoms with Crippen molar-refractivity contribution in [3.8, 4) is 0 Å². The van der Waals surface area contributed by atoms with E-state index in [1.54, 1.807) is 42.7 Å². The summed E-state index contributed by atoms with van der Waals surface area (Å²) in [6.07, 6.45) is 1.57. The second-order valence-electron chi connectivity index (χ2n) is 5.62. The zero-order chi connectivity index (χ0) is 18.4. The Morgan fingerprint density at radius 2 is 1.69 bits per heavy atom. The Hall–Kier alpha value is -2.86. The van der Waals surface area contributed by atoms with E-state index in [2.05, 4.69) is 26.6 Å². The number of halogens is 1. The van der Waals surface area contributed by atoms with Gasteiger partial charge >= 0.3 is 0 Å². The van der Waals surface area contributed by atoms with Crippen LogP contribution in [-0.2, 0) is 13.1 Å². The lowest BCUT2D eigenvalue weighted by Gasteiger charge is -2.09. The molecule has 0 aliphatic rings. The number of hydrogen-bond acceptors (Lipinski definition) is 3. The normalized spacial score (nSPS) is 10.3. The molecule has 1 heterocycles. The smallest absolute Gasteiger partial charge is 0.252 e. The van der Waals surface area contributed by atoms with Crippen molar-refractivity contribution in [3.63, 3.8) is 0 Å². The first-order valence-electron chi connectivity index (χ1n) is 8.06. The summed E-state index contributed by atoms with van der Waals surface area (Å²) < 4.78 is 5.93. The topological polar surface area (TPSA) is 71.3 Å². The van der Waals surface area contributed by atoms with Gasteiger partial charge < -0.3 is 15.1 Å². The molecule has 0 unspecified atom stereocenters. The van der Waals surface area contributed by atoms with Crippen LogP contribution in [0.25, 0.3) is 0 Å². The van der Waals surface area contributed by atoms with Gasteiger partial charge in [-0.2, -0.15) is 0 Å². The molecule has 0 aliphatic carbocycles. The largest absolute Gasteiger partial charge is 0.467 e. The Kier molecular flexibility index (Phi) is 5.86. The lowest BCUT2D eigenvalue weighted by atomic mass is 10.1. The lowest BCUT2D eigenvalue weighted by molar-refractivity contribution is 0.0943. The molecule has 3 rings (SSSR count). The van der Waals surface area contributed by atoms with Gasteiger partial charge in [0.2, 0.25) is 0 Å². The summed E-state index contributed by atoms with van der Waals surface area (Å²) in [5.41, 5.74) is 1.94. The standard InChI is InChI=1S/C20H17BrN2O3/c21-18-9-2-1-8-17(18)20(25)22-12-14-5-3-6-15(11-14)19(24)23-13-16-7-4-10-26-16/h1-11H,12-13H2,(H,22,25)(H,23,24). The number of hydrogen-bond donors (Lipinski definition) is 2. The van der Waals surface area contributed by atoms with Crippen LogP contribution in [0.2, 0.25) is 0 Å². The maximum atomic E-state index is 12.3.